The summed E-state index contributed by atoms with van der Waals surface area (Å²) in [4.78, 5) is 30.5. The molecule has 3 rings (SSSR count). The zero-order valence-corrected chi connectivity index (χ0v) is 17.6. The Morgan fingerprint density at radius 2 is 1.86 bits per heavy atom. The zero-order valence-electron chi connectivity index (χ0n) is 16.7. The van der Waals surface area contributed by atoms with Crippen LogP contribution in [0.5, 0.6) is 0 Å². The van der Waals surface area contributed by atoms with Gasteiger partial charge < -0.3 is 15.1 Å². The Kier molecular flexibility index (Phi) is 6.75. The van der Waals surface area contributed by atoms with Gasteiger partial charge in [0.05, 0.1) is 30.9 Å². The second-order valence-corrected chi connectivity index (χ2v) is 8.05. The molecule has 0 saturated heterocycles. The van der Waals surface area contributed by atoms with Gasteiger partial charge in [0.15, 0.2) is 0 Å². The van der Waals surface area contributed by atoms with Crippen molar-refractivity contribution in [3.8, 4) is 0 Å². The van der Waals surface area contributed by atoms with Crippen molar-refractivity contribution in [2.45, 2.75) is 30.1 Å². The number of carbonyl (C=O) groups is 2. The third-order valence-electron chi connectivity index (χ3n) is 5.22. The maximum absolute atomic E-state index is 12.8. The lowest BCUT2D eigenvalue weighted by atomic mass is 10.1. The van der Waals surface area contributed by atoms with Gasteiger partial charge >= 0.3 is 0 Å². The van der Waals surface area contributed by atoms with Crippen molar-refractivity contribution in [1.82, 2.24) is 5.32 Å². The molecule has 1 heterocycles. The Labute approximate surface area is 171 Å². The second-order valence-electron chi connectivity index (χ2n) is 6.96. The first-order valence-electron chi connectivity index (χ1n) is 9.85. The average molecular weight is 399 g/mol. The first-order valence-corrected chi connectivity index (χ1v) is 10.7. The van der Waals surface area contributed by atoms with Crippen molar-refractivity contribution >= 4 is 29.3 Å². The van der Waals surface area contributed by atoms with E-state index in [1.54, 1.807) is 23.7 Å². The molecule has 0 fully saturated rings. The van der Waals surface area contributed by atoms with Crippen LogP contribution in [0.25, 0.3) is 0 Å². The predicted molar refractivity (Wildman–Crippen MR) is 114 cm³/mol. The smallest absolute Gasteiger partial charge is 0.259 e. The Hall–Kier alpha value is -2.31. The number of rotatable bonds is 7. The first kappa shape index (κ1) is 20.4. The van der Waals surface area contributed by atoms with E-state index < -0.39 is 0 Å². The van der Waals surface area contributed by atoms with E-state index in [1.165, 1.54) is 4.90 Å². The van der Waals surface area contributed by atoms with Gasteiger partial charge in [-0.05, 0) is 44.2 Å². The van der Waals surface area contributed by atoms with Gasteiger partial charge in [-0.3, -0.25) is 9.59 Å². The van der Waals surface area contributed by atoms with Gasteiger partial charge in [-0.2, -0.15) is 0 Å². The lowest BCUT2D eigenvalue weighted by molar-refractivity contribution is -0.896. The molecule has 1 aliphatic rings. The quantitative estimate of drug-likeness (QED) is 0.705. The van der Waals surface area contributed by atoms with E-state index >= 15 is 0 Å². The molecule has 0 atom stereocenters. The fourth-order valence-corrected chi connectivity index (χ4v) is 4.48. The average Bonchev–Trinajstić information content (AvgIpc) is 2.83. The molecule has 2 N–H and O–H groups in total. The largest absolute Gasteiger partial charge is 0.352 e. The molecule has 1 aliphatic heterocycles. The highest BCUT2D eigenvalue weighted by Gasteiger charge is 2.25. The number of hydrogen-bond acceptors (Lipinski definition) is 3. The molecule has 0 radical (unpaired) electrons. The molecule has 148 valence electrons. The van der Waals surface area contributed by atoms with Gasteiger partial charge in [-0.25, -0.2) is 0 Å². The summed E-state index contributed by atoms with van der Waals surface area (Å²) >= 11 is 1.56. The highest BCUT2D eigenvalue weighted by molar-refractivity contribution is 7.99. The molecule has 2 aromatic carbocycles. The number of hydrogen-bond donors (Lipinski definition) is 2. The summed E-state index contributed by atoms with van der Waals surface area (Å²) in [6.07, 6.45) is 0.956. The Bertz CT molecular complexity index is 865. The van der Waals surface area contributed by atoms with E-state index in [2.05, 4.69) is 19.2 Å². The van der Waals surface area contributed by atoms with Crippen molar-refractivity contribution in [3.05, 3.63) is 53.6 Å². The maximum Gasteiger partial charge on any atom is 0.259 e. The Balaban J connectivity index is 1.71. The first-order chi connectivity index (χ1) is 13.5. The number of nitrogens with zero attached hydrogens (tertiary/aromatic N) is 1. The highest BCUT2D eigenvalue weighted by Crippen LogP contribution is 2.41. The molecule has 5 nitrogen and oxygen atoms in total. The highest BCUT2D eigenvalue weighted by atomic mass is 32.2. The van der Waals surface area contributed by atoms with Crippen LogP contribution in [0.15, 0.2) is 52.3 Å². The van der Waals surface area contributed by atoms with Crippen molar-refractivity contribution in [1.29, 1.82) is 0 Å². The van der Waals surface area contributed by atoms with E-state index in [9.17, 15) is 9.59 Å². The van der Waals surface area contributed by atoms with Crippen molar-refractivity contribution in [3.63, 3.8) is 0 Å². The van der Waals surface area contributed by atoms with Crippen LogP contribution in [-0.4, -0.2) is 45.0 Å². The van der Waals surface area contributed by atoms with E-state index in [0.717, 1.165) is 41.5 Å². The van der Waals surface area contributed by atoms with Crippen molar-refractivity contribution in [2.24, 2.45) is 0 Å². The molecule has 0 saturated carbocycles. The normalized spacial score (nSPS) is 13.1. The number of fused-ring (bicyclic) bond motifs is 2. The van der Waals surface area contributed by atoms with E-state index in [1.807, 2.05) is 42.5 Å². The third-order valence-corrected chi connectivity index (χ3v) is 6.36. The van der Waals surface area contributed by atoms with Crippen LogP contribution in [0.2, 0.25) is 0 Å². The minimum absolute atomic E-state index is 0.0541. The molecule has 0 aliphatic carbocycles. The second kappa shape index (κ2) is 9.26. The molecule has 2 aromatic rings. The van der Waals surface area contributed by atoms with Gasteiger partial charge in [-0.1, -0.05) is 23.9 Å². The van der Waals surface area contributed by atoms with E-state index in [-0.39, 0.29) is 11.8 Å². The van der Waals surface area contributed by atoms with Crippen molar-refractivity contribution in [2.75, 3.05) is 38.1 Å². The molecule has 28 heavy (non-hydrogen) atoms. The lowest BCUT2D eigenvalue weighted by Gasteiger charge is -2.18. The summed E-state index contributed by atoms with van der Waals surface area (Å²) < 4.78 is 0. The number of amides is 2. The van der Waals surface area contributed by atoms with Crippen LogP contribution in [0.1, 0.15) is 41.0 Å². The summed E-state index contributed by atoms with van der Waals surface area (Å²) in [5.41, 5.74) is 2.04. The summed E-state index contributed by atoms with van der Waals surface area (Å²) in [5.74, 6) is -0.147. The monoisotopic (exact) mass is 398 g/mol. The molecular weight excluding hydrogens is 370 g/mol. The van der Waals surface area contributed by atoms with Gasteiger partial charge in [0.1, 0.15) is 0 Å². The van der Waals surface area contributed by atoms with Gasteiger partial charge in [0.2, 0.25) is 0 Å². The van der Waals surface area contributed by atoms with E-state index in [0.29, 0.717) is 17.7 Å². The van der Waals surface area contributed by atoms with Crippen LogP contribution in [0.3, 0.4) is 0 Å². The fraction of sp³-hybridized carbons (Fsp3) is 0.364. The summed E-state index contributed by atoms with van der Waals surface area (Å²) in [6.45, 7) is 8.30. The van der Waals surface area contributed by atoms with Crippen molar-refractivity contribution < 1.29 is 14.5 Å². The van der Waals surface area contributed by atoms with Crippen LogP contribution in [-0.2, 0) is 0 Å². The lowest BCUT2D eigenvalue weighted by Crippen LogP contribution is -3.11. The Morgan fingerprint density at radius 1 is 1.11 bits per heavy atom. The standard InChI is InChI=1S/C22H27N3O2S/c1-4-25(5-2)14-8-13-23-21(26)16-11-12-20-18(15-16)24(3)22(27)17-9-6-7-10-19(17)28-20/h6-7,9-12,15H,4-5,8,13-14H2,1-3H3,(H,23,26)/p+1. The van der Waals surface area contributed by atoms with Crippen LogP contribution >= 0.6 is 11.8 Å². The third kappa shape index (κ3) is 4.39. The minimum Gasteiger partial charge on any atom is -0.352 e. The minimum atomic E-state index is -0.0926. The molecule has 0 bridgehead atoms. The SMILES string of the molecule is CC[NH+](CC)CCCNC(=O)c1ccc2c(c1)N(C)C(=O)c1ccccc1S2. The molecule has 0 aromatic heterocycles. The summed E-state index contributed by atoms with van der Waals surface area (Å²) in [7, 11) is 1.76. The molecule has 2 amide bonds. The van der Waals surface area contributed by atoms with Gasteiger partial charge in [0.25, 0.3) is 11.8 Å². The number of benzene rings is 2. The number of carbonyl (C=O) groups excluding carboxylic acids is 2. The number of nitrogens with one attached hydrogen (secondary N) is 2. The molecule has 0 unspecified atom stereocenters. The topological polar surface area (TPSA) is 53.9 Å². The summed E-state index contributed by atoms with van der Waals surface area (Å²) in [5, 5.41) is 3.01. The van der Waals surface area contributed by atoms with Crippen LogP contribution < -0.4 is 15.1 Å². The van der Waals surface area contributed by atoms with Crippen LogP contribution in [0.4, 0.5) is 5.69 Å². The fourth-order valence-electron chi connectivity index (χ4n) is 3.39. The maximum atomic E-state index is 12.8. The molecule has 0 spiro atoms. The van der Waals surface area contributed by atoms with Gasteiger partial charge in [0, 0.05) is 35.4 Å². The predicted octanol–water partition coefficient (Wildman–Crippen LogP) is 2.47. The Morgan fingerprint density at radius 3 is 2.61 bits per heavy atom. The molecular formula is C22H28N3O2S+. The number of anilines is 1. The molecule has 6 heteroatoms. The van der Waals surface area contributed by atoms with Gasteiger partial charge in [-0.15, -0.1) is 0 Å². The van der Waals surface area contributed by atoms with Crippen LogP contribution in [0, 0.1) is 0 Å². The van der Waals surface area contributed by atoms with E-state index in [4.69, 9.17) is 0 Å². The zero-order chi connectivity index (χ0) is 20.1. The number of quaternary nitrogens is 1. The summed E-state index contributed by atoms with van der Waals surface area (Å²) in [6, 6.07) is 13.2.